The molecule has 0 radical (unpaired) electrons. The Balaban J connectivity index is 1.56. The molecule has 1 aromatic heterocycles. The van der Waals surface area contributed by atoms with Gasteiger partial charge in [-0.1, -0.05) is 6.08 Å². The molecule has 0 saturated carbocycles. The summed E-state index contributed by atoms with van der Waals surface area (Å²) in [5, 5.41) is 5.45. The summed E-state index contributed by atoms with van der Waals surface area (Å²) in [7, 11) is 1.58. The number of methoxy groups -OCH3 is 1. The Labute approximate surface area is 162 Å². The molecule has 140 valence electrons. The van der Waals surface area contributed by atoms with E-state index in [-0.39, 0.29) is 11.8 Å². The molecule has 2 aromatic carbocycles. The number of pyridine rings is 1. The minimum absolute atomic E-state index is 0.119. The normalized spacial score (nSPS) is 10.5. The Morgan fingerprint density at radius 2 is 1.43 bits per heavy atom. The van der Waals surface area contributed by atoms with Crippen molar-refractivity contribution in [1.29, 1.82) is 0 Å². The van der Waals surface area contributed by atoms with Crippen LogP contribution in [-0.4, -0.2) is 23.9 Å². The molecule has 3 rings (SSSR count). The number of carbonyl (C=O) groups is 2. The van der Waals surface area contributed by atoms with Gasteiger partial charge >= 0.3 is 6.03 Å². The van der Waals surface area contributed by atoms with Crippen molar-refractivity contribution < 1.29 is 14.3 Å². The molecule has 0 atom stereocenters. The van der Waals surface area contributed by atoms with E-state index in [9.17, 15) is 9.59 Å². The monoisotopic (exact) mass is 373 g/mol. The molecule has 3 aromatic rings. The van der Waals surface area contributed by atoms with Crippen molar-refractivity contribution >= 4 is 29.3 Å². The van der Waals surface area contributed by atoms with Crippen molar-refractivity contribution in [3.63, 3.8) is 0 Å². The number of benzene rings is 2. The summed E-state index contributed by atoms with van der Waals surface area (Å²) in [5.41, 5.74) is 2.66. The maximum absolute atomic E-state index is 12.2. The van der Waals surface area contributed by atoms with Gasteiger partial charge in [-0.15, -0.1) is 0 Å². The van der Waals surface area contributed by atoms with Gasteiger partial charge < -0.3 is 15.4 Å². The third kappa shape index (κ3) is 5.28. The van der Waals surface area contributed by atoms with Crippen LogP contribution in [0.2, 0.25) is 0 Å². The third-order valence-electron chi connectivity index (χ3n) is 3.91. The number of allylic oxidation sites excluding steroid dienone is 1. The quantitative estimate of drug-likeness (QED) is 0.488. The van der Waals surface area contributed by atoms with E-state index in [0.717, 1.165) is 5.56 Å². The summed E-state index contributed by atoms with van der Waals surface area (Å²) in [5.74, 6) is 0.593. The number of hydrogen-bond acceptors (Lipinski definition) is 4. The van der Waals surface area contributed by atoms with Crippen LogP contribution < -0.4 is 15.4 Å². The second kappa shape index (κ2) is 9.14. The Morgan fingerprint density at radius 1 is 0.857 bits per heavy atom. The Bertz CT molecular complexity index is 966. The van der Waals surface area contributed by atoms with Crippen LogP contribution in [0.25, 0.3) is 6.08 Å². The summed E-state index contributed by atoms with van der Waals surface area (Å²) in [4.78, 5) is 28.2. The van der Waals surface area contributed by atoms with Gasteiger partial charge in [-0.25, -0.2) is 4.79 Å². The highest BCUT2D eigenvalue weighted by Crippen LogP contribution is 2.16. The standard InChI is InChI=1S/C22H19N3O3/c1-28-20-9-7-19(8-10-20)25-22(27)24-18-5-3-17(4-6-18)21(26)11-2-16-12-14-23-15-13-16/h2-15H,1H3,(H2,24,25,27)/b11-2+. The van der Waals surface area contributed by atoms with Crippen LogP contribution in [0.3, 0.4) is 0 Å². The van der Waals surface area contributed by atoms with Gasteiger partial charge in [-0.05, 0) is 72.3 Å². The predicted octanol–water partition coefficient (Wildman–Crippen LogP) is 4.63. The van der Waals surface area contributed by atoms with Gasteiger partial charge in [0, 0.05) is 29.3 Å². The van der Waals surface area contributed by atoms with Crippen LogP contribution in [0.1, 0.15) is 15.9 Å². The summed E-state index contributed by atoms with van der Waals surface area (Å²) in [6, 6.07) is 17.0. The zero-order chi connectivity index (χ0) is 19.8. The maximum Gasteiger partial charge on any atom is 0.323 e. The van der Waals surface area contributed by atoms with E-state index in [4.69, 9.17) is 4.74 Å². The fourth-order valence-corrected chi connectivity index (χ4v) is 2.43. The number of carbonyl (C=O) groups excluding carboxylic acids is 2. The fraction of sp³-hybridized carbons (Fsp3) is 0.0455. The number of hydrogen-bond donors (Lipinski definition) is 2. The molecule has 0 bridgehead atoms. The smallest absolute Gasteiger partial charge is 0.323 e. The Morgan fingerprint density at radius 3 is 2.00 bits per heavy atom. The molecule has 2 N–H and O–H groups in total. The molecule has 0 aliphatic heterocycles. The first-order valence-corrected chi connectivity index (χ1v) is 8.58. The van der Waals surface area contributed by atoms with E-state index in [1.807, 2.05) is 12.1 Å². The lowest BCUT2D eigenvalue weighted by molar-refractivity contribution is 0.104. The molecule has 0 fully saturated rings. The number of nitrogens with zero attached hydrogens (tertiary/aromatic N) is 1. The number of urea groups is 1. The molecule has 0 aliphatic rings. The number of ether oxygens (including phenoxy) is 1. The number of aromatic nitrogens is 1. The zero-order valence-corrected chi connectivity index (χ0v) is 15.3. The summed E-state index contributed by atoms with van der Waals surface area (Å²) in [6.07, 6.45) is 6.58. The first kappa shape index (κ1) is 18.8. The first-order chi connectivity index (χ1) is 13.6. The highest BCUT2D eigenvalue weighted by atomic mass is 16.5. The molecular formula is C22H19N3O3. The van der Waals surface area contributed by atoms with Crippen molar-refractivity contribution in [3.05, 3.63) is 90.3 Å². The van der Waals surface area contributed by atoms with Gasteiger partial charge in [0.05, 0.1) is 7.11 Å². The van der Waals surface area contributed by atoms with Gasteiger partial charge in [0.25, 0.3) is 0 Å². The SMILES string of the molecule is COc1ccc(NC(=O)Nc2ccc(C(=O)/C=C/c3ccncc3)cc2)cc1. The van der Waals surface area contributed by atoms with Crippen LogP contribution in [0.5, 0.6) is 5.75 Å². The topological polar surface area (TPSA) is 80.3 Å². The van der Waals surface area contributed by atoms with E-state index in [2.05, 4.69) is 15.6 Å². The summed E-state index contributed by atoms with van der Waals surface area (Å²) in [6.45, 7) is 0. The molecule has 6 heteroatoms. The average Bonchev–Trinajstić information content (AvgIpc) is 2.74. The number of rotatable bonds is 6. The van der Waals surface area contributed by atoms with Crippen molar-refractivity contribution in [2.75, 3.05) is 17.7 Å². The summed E-state index contributed by atoms with van der Waals surface area (Å²) < 4.78 is 5.08. The minimum Gasteiger partial charge on any atom is -0.497 e. The van der Waals surface area contributed by atoms with Crippen LogP contribution in [0.4, 0.5) is 16.2 Å². The molecule has 6 nitrogen and oxygen atoms in total. The van der Waals surface area contributed by atoms with Gasteiger partial charge in [0.15, 0.2) is 5.78 Å². The van der Waals surface area contributed by atoms with Gasteiger partial charge in [0.1, 0.15) is 5.75 Å². The summed E-state index contributed by atoms with van der Waals surface area (Å²) >= 11 is 0. The molecular weight excluding hydrogens is 354 g/mol. The number of anilines is 2. The number of nitrogens with one attached hydrogen (secondary N) is 2. The van der Waals surface area contributed by atoms with E-state index in [0.29, 0.717) is 22.7 Å². The lowest BCUT2D eigenvalue weighted by Crippen LogP contribution is -2.19. The van der Waals surface area contributed by atoms with Crippen LogP contribution >= 0.6 is 0 Å². The van der Waals surface area contributed by atoms with Crippen molar-refractivity contribution in [1.82, 2.24) is 4.98 Å². The lowest BCUT2D eigenvalue weighted by atomic mass is 10.1. The average molecular weight is 373 g/mol. The predicted molar refractivity (Wildman–Crippen MR) is 110 cm³/mol. The molecule has 0 aliphatic carbocycles. The van der Waals surface area contributed by atoms with E-state index in [1.54, 1.807) is 74.1 Å². The molecule has 0 unspecified atom stereocenters. The molecule has 28 heavy (non-hydrogen) atoms. The van der Waals surface area contributed by atoms with E-state index >= 15 is 0 Å². The molecule has 0 spiro atoms. The largest absolute Gasteiger partial charge is 0.497 e. The molecule has 0 saturated heterocycles. The fourth-order valence-electron chi connectivity index (χ4n) is 2.43. The molecule has 2 amide bonds. The minimum atomic E-state index is -0.373. The van der Waals surface area contributed by atoms with Gasteiger partial charge in [0.2, 0.25) is 0 Å². The van der Waals surface area contributed by atoms with Gasteiger partial charge in [-0.2, -0.15) is 0 Å². The zero-order valence-electron chi connectivity index (χ0n) is 15.3. The highest BCUT2D eigenvalue weighted by Gasteiger charge is 2.05. The third-order valence-corrected chi connectivity index (χ3v) is 3.91. The second-order valence-corrected chi connectivity index (χ2v) is 5.86. The van der Waals surface area contributed by atoms with Crippen LogP contribution in [0, 0.1) is 0 Å². The van der Waals surface area contributed by atoms with Crippen molar-refractivity contribution in [2.24, 2.45) is 0 Å². The second-order valence-electron chi connectivity index (χ2n) is 5.86. The van der Waals surface area contributed by atoms with E-state index in [1.165, 1.54) is 6.08 Å². The maximum atomic E-state index is 12.2. The van der Waals surface area contributed by atoms with Crippen molar-refractivity contribution in [3.8, 4) is 5.75 Å². The van der Waals surface area contributed by atoms with Crippen molar-refractivity contribution in [2.45, 2.75) is 0 Å². The Kier molecular flexibility index (Phi) is 6.15. The lowest BCUT2D eigenvalue weighted by Gasteiger charge is -2.08. The number of amides is 2. The van der Waals surface area contributed by atoms with Gasteiger partial charge in [-0.3, -0.25) is 9.78 Å². The molecule has 1 heterocycles. The number of ketones is 1. The first-order valence-electron chi connectivity index (χ1n) is 8.58. The Hall–Kier alpha value is -3.93. The van der Waals surface area contributed by atoms with E-state index < -0.39 is 0 Å². The highest BCUT2D eigenvalue weighted by molar-refractivity contribution is 6.07. The van der Waals surface area contributed by atoms with Crippen LogP contribution in [0.15, 0.2) is 79.1 Å². The van der Waals surface area contributed by atoms with Crippen LogP contribution in [-0.2, 0) is 0 Å².